The zero-order valence-electron chi connectivity index (χ0n) is 9.41. The highest BCUT2D eigenvalue weighted by atomic mass is 79.9. The second-order valence-electron chi connectivity index (χ2n) is 3.50. The van der Waals surface area contributed by atoms with Gasteiger partial charge in [0.1, 0.15) is 17.6 Å². The van der Waals surface area contributed by atoms with Gasteiger partial charge in [-0.2, -0.15) is 5.26 Å². The zero-order valence-corrected chi connectivity index (χ0v) is 11.0. The summed E-state index contributed by atoms with van der Waals surface area (Å²) in [6.07, 6.45) is 0. The molecule has 1 aromatic carbocycles. The number of aryl methyl sites for hydroxylation is 1. The molecule has 4 nitrogen and oxygen atoms in total. The van der Waals surface area contributed by atoms with E-state index in [9.17, 15) is 0 Å². The number of nitrogens with zero attached hydrogens (tertiary/aromatic N) is 2. The van der Waals surface area contributed by atoms with Crippen LogP contribution >= 0.6 is 15.9 Å². The number of hydrogen-bond acceptors (Lipinski definition) is 3. The van der Waals surface area contributed by atoms with Crippen LogP contribution in [0.3, 0.4) is 0 Å². The number of H-pyrrole nitrogens is 1. The molecule has 1 N–H and O–H groups in total. The van der Waals surface area contributed by atoms with Crippen molar-refractivity contribution in [2.24, 2.45) is 0 Å². The summed E-state index contributed by atoms with van der Waals surface area (Å²) in [6.45, 7) is 1.81. The highest BCUT2D eigenvalue weighted by Crippen LogP contribution is 2.33. The Kier molecular flexibility index (Phi) is 3.16. The topological polar surface area (TPSA) is 61.7 Å². The Bertz CT molecular complexity index is 598. The van der Waals surface area contributed by atoms with Gasteiger partial charge in [0, 0.05) is 10.0 Å². The second kappa shape index (κ2) is 4.60. The van der Waals surface area contributed by atoms with E-state index in [1.807, 2.05) is 25.1 Å². The van der Waals surface area contributed by atoms with Crippen molar-refractivity contribution in [1.29, 1.82) is 5.26 Å². The summed E-state index contributed by atoms with van der Waals surface area (Å²) in [5, 5.41) is 9.04. The van der Waals surface area contributed by atoms with Crippen LogP contribution in [0.5, 0.6) is 5.75 Å². The van der Waals surface area contributed by atoms with E-state index >= 15 is 0 Å². The van der Waals surface area contributed by atoms with Gasteiger partial charge in [-0.15, -0.1) is 0 Å². The first-order valence-corrected chi connectivity index (χ1v) is 5.75. The summed E-state index contributed by atoms with van der Waals surface area (Å²) in [5.41, 5.74) is 1.88. The van der Waals surface area contributed by atoms with Gasteiger partial charge in [-0.05, 0) is 25.1 Å². The van der Waals surface area contributed by atoms with Crippen molar-refractivity contribution in [3.8, 4) is 23.1 Å². The van der Waals surface area contributed by atoms with E-state index in [0.29, 0.717) is 23.0 Å². The van der Waals surface area contributed by atoms with Crippen LogP contribution in [0.2, 0.25) is 0 Å². The summed E-state index contributed by atoms with van der Waals surface area (Å²) >= 11 is 3.40. The fraction of sp³-hybridized carbons (Fsp3) is 0.167. The molecule has 0 aliphatic heterocycles. The Balaban J connectivity index is 2.67. The molecular formula is C12H10BrN3O. The van der Waals surface area contributed by atoms with Gasteiger partial charge in [-0.25, -0.2) is 4.98 Å². The lowest BCUT2D eigenvalue weighted by Gasteiger charge is -2.07. The highest BCUT2D eigenvalue weighted by Gasteiger charge is 2.14. The molecule has 0 amide bonds. The third kappa shape index (κ3) is 2.17. The number of nitrogens with one attached hydrogen (secondary N) is 1. The number of methoxy groups -OCH3 is 1. The molecule has 2 aromatic rings. The van der Waals surface area contributed by atoms with Gasteiger partial charge < -0.3 is 9.72 Å². The third-order valence-corrected chi connectivity index (χ3v) is 2.85. The van der Waals surface area contributed by atoms with E-state index in [1.165, 1.54) is 0 Å². The predicted octanol–water partition coefficient (Wildman–Crippen LogP) is 3.03. The average Bonchev–Trinajstić information content (AvgIpc) is 2.70. The summed E-state index contributed by atoms with van der Waals surface area (Å²) in [5.74, 6) is 1.41. The van der Waals surface area contributed by atoms with Crippen LogP contribution in [0, 0.1) is 18.3 Å². The Hall–Kier alpha value is -1.80. The molecule has 5 heteroatoms. The van der Waals surface area contributed by atoms with Crippen molar-refractivity contribution >= 4 is 15.9 Å². The van der Waals surface area contributed by atoms with Crippen molar-refractivity contribution in [2.75, 3.05) is 7.11 Å². The van der Waals surface area contributed by atoms with Crippen molar-refractivity contribution in [3.63, 3.8) is 0 Å². The van der Waals surface area contributed by atoms with E-state index in [0.717, 1.165) is 10.0 Å². The van der Waals surface area contributed by atoms with Gasteiger partial charge in [0.2, 0.25) is 0 Å². The van der Waals surface area contributed by atoms with Crippen molar-refractivity contribution < 1.29 is 4.74 Å². The number of ether oxygens (including phenoxy) is 1. The number of halogens is 1. The van der Waals surface area contributed by atoms with E-state index in [4.69, 9.17) is 10.00 Å². The Morgan fingerprint density at radius 3 is 2.88 bits per heavy atom. The molecule has 0 fully saturated rings. The molecule has 0 saturated heterocycles. The van der Waals surface area contributed by atoms with Crippen LogP contribution < -0.4 is 4.74 Å². The second-order valence-corrected chi connectivity index (χ2v) is 4.42. The van der Waals surface area contributed by atoms with E-state index in [-0.39, 0.29) is 0 Å². The third-order valence-electron chi connectivity index (χ3n) is 2.36. The summed E-state index contributed by atoms with van der Waals surface area (Å²) < 4.78 is 6.21. The maximum absolute atomic E-state index is 9.04. The minimum atomic E-state index is 0.374. The quantitative estimate of drug-likeness (QED) is 0.925. The maximum atomic E-state index is 9.04. The first-order valence-electron chi connectivity index (χ1n) is 4.96. The lowest BCUT2D eigenvalue weighted by Crippen LogP contribution is -1.90. The summed E-state index contributed by atoms with van der Waals surface area (Å²) in [6, 6.07) is 7.70. The SMILES string of the molecule is COc1ccc(Br)cc1-c1[nH]c(C)nc1C#N. The number of aromatic nitrogens is 2. The van der Waals surface area contributed by atoms with Gasteiger partial charge in [-0.1, -0.05) is 15.9 Å². The molecule has 0 aliphatic carbocycles. The van der Waals surface area contributed by atoms with E-state index in [2.05, 4.69) is 32.0 Å². The number of rotatable bonds is 2. The van der Waals surface area contributed by atoms with Crippen LogP contribution in [-0.4, -0.2) is 17.1 Å². The number of aromatic amines is 1. The predicted molar refractivity (Wildman–Crippen MR) is 67.7 cm³/mol. The first kappa shape index (κ1) is 11.7. The Morgan fingerprint density at radius 1 is 1.47 bits per heavy atom. The minimum Gasteiger partial charge on any atom is -0.496 e. The Morgan fingerprint density at radius 2 is 2.24 bits per heavy atom. The van der Waals surface area contributed by atoms with Gasteiger partial charge >= 0.3 is 0 Å². The number of hydrogen-bond donors (Lipinski definition) is 1. The molecule has 0 atom stereocenters. The number of nitriles is 1. The van der Waals surface area contributed by atoms with Crippen molar-refractivity contribution in [2.45, 2.75) is 6.92 Å². The minimum absolute atomic E-state index is 0.374. The molecule has 0 radical (unpaired) electrons. The first-order chi connectivity index (χ1) is 8.15. The Labute approximate surface area is 107 Å². The molecule has 17 heavy (non-hydrogen) atoms. The molecule has 1 aromatic heterocycles. The zero-order chi connectivity index (χ0) is 12.4. The standard InChI is InChI=1S/C12H10BrN3O/c1-7-15-10(6-14)12(16-7)9-5-8(13)3-4-11(9)17-2/h3-5H,1-2H3,(H,15,16). The molecule has 0 saturated carbocycles. The number of benzene rings is 1. The highest BCUT2D eigenvalue weighted by molar-refractivity contribution is 9.10. The fourth-order valence-corrected chi connectivity index (χ4v) is 2.00. The van der Waals surface area contributed by atoms with E-state index < -0.39 is 0 Å². The number of imidazole rings is 1. The lowest BCUT2D eigenvalue weighted by molar-refractivity contribution is 0.416. The molecule has 0 spiro atoms. The van der Waals surface area contributed by atoms with Crippen LogP contribution in [0.15, 0.2) is 22.7 Å². The van der Waals surface area contributed by atoms with Crippen LogP contribution in [-0.2, 0) is 0 Å². The van der Waals surface area contributed by atoms with E-state index in [1.54, 1.807) is 7.11 Å². The van der Waals surface area contributed by atoms with Gasteiger partial charge in [0.15, 0.2) is 5.69 Å². The molecule has 0 aliphatic rings. The van der Waals surface area contributed by atoms with Gasteiger partial charge in [0.05, 0.1) is 12.8 Å². The normalized spacial score (nSPS) is 10.0. The molecule has 2 rings (SSSR count). The van der Waals surface area contributed by atoms with Gasteiger partial charge in [-0.3, -0.25) is 0 Å². The van der Waals surface area contributed by atoms with Crippen molar-refractivity contribution in [1.82, 2.24) is 9.97 Å². The van der Waals surface area contributed by atoms with Gasteiger partial charge in [0.25, 0.3) is 0 Å². The van der Waals surface area contributed by atoms with Crippen LogP contribution in [0.1, 0.15) is 11.5 Å². The molecule has 1 heterocycles. The van der Waals surface area contributed by atoms with Crippen LogP contribution in [0.4, 0.5) is 0 Å². The molecule has 0 unspecified atom stereocenters. The smallest absolute Gasteiger partial charge is 0.166 e. The lowest BCUT2D eigenvalue weighted by atomic mass is 10.1. The molecule has 86 valence electrons. The summed E-state index contributed by atoms with van der Waals surface area (Å²) in [4.78, 5) is 7.20. The fourth-order valence-electron chi connectivity index (χ4n) is 1.64. The maximum Gasteiger partial charge on any atom is 0.166 e. The van der Waals surface area contributed by atoms with Crippen molar-refractivity contribution in [3.05, 3.63) is 34.2 Å². The average molecular weight is 292 g/mol. The monoisotopic (exact) mass is 291 g/mol. The summed E-state index contributed by atoms with van der Waals surface area (Å²) in [7, 11) is 1.60. The largest absolute Gasteiger partial charge is 0.496 e. The van der Waals surface area contributed by atoms with Crippen LogP contribution in [0.25, 0.3) is 11.3 Å². The molecular weight excluding hydrogens is 282 g/mol. The molecule has 0 bridgehead atoms.